The van der Waals surface area contributed by atoms with E-state index in [9.17, 15) is 37.1 Å². The summed E-state index contributed by atoms with van der Waals surface area (Å²) in [7, 11) is 1.84. The number of carboxylic acids is 1. The van der Waals surface area contributed by atoms with Crippen molar-refractivity contribution in [2.45, 2.75) is 44.8 Å². The van der Waals surface area contributed by atoms with E-state index >= 15 is 0 Å². The van der Waals surface area contributed by atoms with E-state index in [0.717, 1.165) is 22.2 Å². The predicted molar refractivity (Wildman–Crippen MR) is 134 cm³/mol. The highest BCUT2D eigenvalue weighted by Gasteiger charge is 2.47. The highest BCUT2D eigenvalue weighted by molar-refractivity contribution is 6.09. The molecule has 0 saturated heterocycles. The number of nitrogens with one attached hydrogen (secondary N) is 1. The van der Waals surface area contributed by atoms with E-state index in [0.29, 0.717) is 5.71 Å². The zero-order valence-corrected chi connectivity index (χ0v) is 21.7. The van der Waals surface area contributed by atoms with Crippen LogP contribution in [0.25, 0.3) is 10.9 Å². The first-order valence-corrected chi connectivity index (χ1v) is 12.2. The van der Waals surface area contributed by atoms with Crippen molar-refractivity contribution in [3.05, 3.63) is 64.9 Å². The molecule has 9 nitrogen and oxygen atoms in total. The second-order valence-electron chi connectivity index (χ2n) is 9.38. The maximum Gasteiger partial charge on any atom is 0.305 e. The average Bonchev–Trinajstić information content (AvgIpc) is 3.46. The van der Waals surface area contributed by atoms with Gasteiger partial charge in [0.25, 0.3) is 5.91 Å². The van der Waals surface area contributed by atoms with Crippen molar-refractivity contribution >= 4 is 34.3 Å². The molecule has 3 aromatic rings. The number of carbonyl (C=O) groups excluding carboxylic acids is 2. The second-order valence-corrected chi connectivity index (χ2v) is 9.38. The number of aromatic nitrogens is 1. The number of hydrogen-bond donors (Lipinski definition) is 2. The van der Waals surface area contributed by atoms with Gasteiger partial charge in [-0.15, -0.1) is 0 Å². The van der Waals surface area contributed by atoms with E-state index in [2.05, 4.69) is 15.2 Å². The minimum absolute atomic E-state index is 0.00378. The van der Waals surface area contributed by atoms with Crippen molar-refractivity contribution in [1.82, 2.24) is 9.88 Å². The van der Waals surface area contributed by atoms with Gasteiger partial charge in [0, 0.05) is 30.4 Å². The Hall–Kier alpha value is -4.42. The number of halogens is 4. The third-order valence-electron chi connectivity index (χ3n) is 6.90. The third-order valence-corrected chi connectivity index (χ3v) is 6.90. The molecule has 1 aliphatic heterocycles. The highest BCUT2D eigenvalue weighted by atomic mass is 19.2. The van der Waals surface area contributed by atoms with Crippen LogP contribution >= 0.6 is 0 Å². The SMILES string of the molecule is CCC1(C(=O)N[C@@H](CC(=O)O)C(=O)COc2c(F)c(F)cc(F)c2F)CC(c2c(C)c3ccccc3n2C)=NO1. The molecule has 2 atom stereocenters. The Morgan fingerprint density at radius 3 is 2.42 bits per heavy atom. The molecular weight excluding hydrogens is 538 g/mol. The molecule has 0 aliphatic carbocycles. The van der Waals surface area contributed by atoms with Crippen LogP contribution in [-0.2, 0) is 26.3 Å². The van der Waals surface area contributed by atoms with E-state index in [1.165, 1.54) is 0 Å². The van der Waals surface area contributed by atoms with Crippen LogP contribution in [0, 0.1) is 30.2 Å². The Labute approximate surface area is 225 Å². The predicted octanol–water partition coefficient (Wildman–Crippen LogP) is 3.92. The number of aryl methyl sites for hydroxylation is 2. The number of fused-ring (bicyclic) bond motifs is 1. The maximum absolute atomic E-state index is 13.9. The Bertz CT molecular complexity index is 1490. The van der Waals surface area contributed by atoms with Crippen LogP contribution in [0.4, 0.5) is 17.6 Å². The van der Waals surface area contributed by atoms with Gasteiger partial charge in [0.2, 0.25) is 17.2 Å². The lowest BCUT2D eigenvalue weighted by atomic mass is 9.90. The van der Waals surface area contributed by atoms with Gasteiger partial charge in [-0.1, -0.05) is 30.3 Å². The van der Waals surface area contributed by atoms with Crippen molar-refractivity contribution in [2.75, 3.05) is 6.61 Å². The lowest BCUT2D eigenvalue weighted by molar-refractivity contribution is -0.148. The number of para-hydroxylation sites is 1. The highest BCUT2D eigenvalue weighted by Crippen LogP contribution is 2.34. The molecule has 0 radical (unpaired) electrons. The number of aliphatic carboxylic acids is 1. The number of carbonyl (C=O) groups is 3. The van der Waals surface area contributed by atoms with Crippen LogP contribution in [0.15, 0.2) is 35.5 Å². The van der Waals surface area contributed by atoms with Gasteiger partial charge in [0.15, 0.2) is 23.2 Å². The second kappa shape index (κ2) is 11.0. The van der Waals surface area contributed by atoms with E-state index in [4.69, 9.17) is 4.84 Å². The van der Waals surface area contributed by atoms with Gasteiger partial charge in [-0.2, -0.15) is 8.78 Å². The molecule has 1 unspecified atom stereocenters. The van der Waals surface area contributed by atoms with Gasteiger partial charge in [-0.05, 0) is 25.0 Å². The van der Waals surface area contributed by atoms with Gasteiger partial charge in [-0.3, -0.25) is 14.4 Å². The summed E-state index contributed by atoms with van der Waals surface area (Å²) in [6, 6.07) is 5.91. The van der Waals surface area contributed by atoms with Crippen LogP contribution < -0.4 is 10.1 Å². The number of benzene rings is 2. The summed E-state index contributed by atoms with van der Waals surface area (Å²) < 4.78 is 61.3. The van der Waals surface area contributed by atoms with Gasteiger partial charge in [0.05, 0.1) is 12.1 Å². The van der Waals surface area contributed by atoms with E-state index in [1.807, 2.05) is 42.8 Å². The van der Waals surface area contributed by atoms with Crippen molar-refractivity contribution in [3.8, 4) is 5.75 Å². The molecular formula is C27H25F4N3O6. The van der Waals surface area contributed by atoms with Crippen molar-refractivity contribution < 1.29 is 46.6 Å². The largest absolute Gasteiger partial charge is 0.481 e. The molecule has 0 saturated carbocycles. The monoisotopic (exact) mass is 563 g/mol. The molecule has 1 amide bonds. The minimum Gasteiger partial charge on any atom is -0.481 e. The van der Waals surface area contributed by atoms with E-state index in [1.54, 1.807) is 6.92 Å². The minimum atomic E-state index is -1.87. The zero-order valence-electron chi connectivity index (χ0n) is 21.7. The lowest BCUT2D eigenvalue weighted by Gasteiger charge is -2.26. The topological polar surface area (TPSA) is 119 Å². The maximum atomic E-state index is 13.9. The number of rotatable bonds is 10. The van der Waals surface area contributed by atoms with E-state index < -0.39 is 71.3 Å². The third kappa shape index (κ3) is 5.10. The number of hydrogen-bond acceptors (Lipinski definition) is 6. The molecule has 0 bridgehead atoms. The Balaban J connectivity index is 1.52. The Morgan fingerprint density at radius 1 is 1.18 bits per heavy atom. The molecule has 4 rings (SSSR count). The van der Waals surface area contributed by atoms with Crippen LogP contribution in [0.5, 0.6) is 5.75 Å². The quantitative estimate of drug-likeness (QED) is 0.285. The summed E-state index contributed by atoms with van der Waals surface area (Å²) in [6.45, 7) is 2.36. The first-order valence-electron chi connectivity index (χ1n) is 12.2. The normalized spacial score (nSPS) is 17.3. The molecule has 2 heterocycles. The number of ether oxygens (including phenoxy) is 1. The number of Topliss-reactive ketones (excluding diaryl/α,β-unsaturated/α-hetero) is 1. The summed E-state index contributed by atoms with van der Waals surface area (Å²) >= 11 is 0. The van der Waals surface area contributed by atoms with Crippen LogP contribution in [0.1, 0.15) is 37.4 Å². The average molecular weight is 564 g/mol. The van der Waals surface area contributed by atoms with Gasteiger partial charge < -0.3 is 24.6 Å². The van der Waals surface area contributed by atoms with Crippen LogP contribution in [0.2, 0.25) is 0 Å². The molecule has 0 fully saturated rings. The van der Waals surface area contributed by atoms with Gasteiger partial charge >= 0.3 is 5.97 Å². The molecule has 1 aromatic heterocycles. The van der Waals surface area contributed by atoms with Gasteiger partial charge in [-0.25, -0.2) is 8.78 Å². The smallest absolute Gasteiger partial charge is 0.305 e. The Morgan fingerprint density at radius 2 is 1.82 bits per heavy atom. The summed E-state index contributed by atoms with van der Waals surface area (Å²) in [5, 5.41) is 16.7. The molecule has 40 heavy (non-hydrogen) atoms. The number of nitrogens with zero attached hydrogens (tertiary/aromatic N) is 2. The van der Waals surface area contributed by atoms with E-state index in [-0.39, 0.29) is 18.9 Å². The first kappa shape index (κ1) is 28.6. The number of oxime groups is 1. The number of carboxylic acid groups (broad SMARTS) is 1. The fourth-order valence-corrected chi connectivity index (χ4v) is 4.70. The first-order chi connectivity index (χ1) is 18.9. The number of amides is 1. The summed E-state index contributed by atoms with van der Waals surface area (Å²) in [6.07, 6.45) is -0.811. The zero-order chi connectivity index (χ0) is 29.4. The lowest BCUT2D eigenvalue weighted by Crippen LogP contribution is -2.53. The van der Waals surface area contributed by atoms with Crippen LogP contribution in [-0.4, -0.2) is 51.3 Å². The number of ketones is 1. The molecule has 212 valence electrons. The fourth-order valence-electron chi connectivity index (χ4n) is 4.70. The van der Waals surface area contributed by atoms with Crippen molar-refractivity contribution in [3.63, 3.8) is 0 Å². The van der Waals surface area contributed by atoms with Gasteiger partial charge in [0.1, 0.15) is 18.4 Å². The van der Waals surface area contributed by atoms with Crippen molar-refractivity contribution in [2.24, 2.45) is 12.2 Å². The summed E-state index contributed by atoms with van der Waals surface area (Å²) in [5.41, 5.74) is 1.48. The van der Waals surface area contributed by atoms with Crippen molar-refractivity contribution in [1.29, 1.82) is 0 Å². The standard InChI is InChI=1S/C27H25F4N3O6/c1-4-27(11-18(33-40-27)24-13(2)14-7-5-6-8-19(14)34(24)3)26(38)32-17(10-21(36)37)20(35)12-39-25-22(30)15(28)9-16(29)23(25)31/h5-9,17H,4,10-12H2,1-3H3,(H,32,38)(H,36,37)/t17-,27?/m0/s1. The summed E-state index contributed by atoms with van der Waals surface area (Å²) in [5.74, 6) is -12.2. The summed E-state index contributed by atoms with van der Waals surface area (Å²) in [4.78, 5) is 43.1. The fraction of sp³-hybridized carbons (Fsp3) is 0.333. The molecule has 1 aliphatic rings. The Kier molecular flexibility index (Phi) is 7.85. The molecule has 2 aromatic carbocycles. The molecule has 2 N–H and O–H groups in total. The molecule has 13 heteroatoms. The van der Waals surface area contributed by atoms with Crippen LogP contribution in [0.3, 0.4) is 0 Å². The molecule has 0 spiro atoms.